The maximum Gasteiger partial charge on any atom is 0.338 e. The third-order valence-corrected chi connectivity index (χ3v) is 8.78. The van der Waals surface area contributed by atoms with Gasteiger partial charge >= 0.3 is 11.9 Å². The third-order valence-electron chi connectivity index (χ3n) is 8.78. The van der Waals surface area contributed by atoms with Crippen molar-refractivity contribution in [3.63, 3.8) is 0 Å². The Hall–Kier alpha value is -4.22. The van der Waals surface area contributed by atoms with Crippen molar-refractivity contribution in [1.29, 1.82) is 0 Å². The van der Waals surface area contributed by atoms with Gasteiger partial charge in [0.05, 0.1) is 24.4 Å². The summed E-state index contributed by atoms with van der Waals surface area (Å²) in [6.45, 7) is 0.387. The molecule has 2 aliphatic rings. The molecule has 4 rings (SSSR count). The summed E-state index contributed by atoms with van der Waals surface area (Å²) in [5.74, 6) is 2.83. The summed E-state index contributed by atoms with van der Waals surface area (Å²) in [7, 11) is 0. The maximum atomic E-state index is 13.8. The summed E-state index contributed by atoms with van der Waals surface area (Å²) >= 11 is 0. The number of terminal acetylenes is 2. The zero-order valence-electron chi connectivity index (χ0n) is 26.8. The van der Waals surface area contributed by atoms with Crippen LogP contribution in [0.15, 0.2) is 54.6 Å². The lowest BCUT2D eigenvalue weighted by molar-refractivity contribution is -0.134. The summed E-state index contributed by atoms with van der Waals surface area (Å²) in [6, 6.07) is 9.01. The molecule has 10 heteroatoms. The number of hydrogen-bond donors (Lipinski definition) is 2. The Kier molecular flexibility index (Phi) is 14.0. The van der Waals surface area contributed by atoms with Crippen LogP contribution in [0, 0.1) is 60.0 Å². The zero-order chi connectivity index (χ0) is 34.5. The summed E-state index contributed by atoms with van der Waals surface area (Å²) in [5, 5.41) is 21.0. The van der Waals surface area contributed by atoms with E-state index in [0.29, 0.717) is 43.6 Å². The number of benzene rings is 2. The first kappa shape index (κ1) is 36.6. The van der Waals surface area contributed by atoms with Gasteiger partial charge in [-0.15, -0.1) is 24.7 Å². The normalized spacial score (nSPS) is 22.7. The molecule has 1 aliphatic carbocycles. The van der Waals surface area contributed by atoms with E-state index >= 15 is 0 Å². The molecule has 256 valence electrons. The fourth-order valence-electron chi connectivity index (χ4n) is 6.19. The molecule has 8 nitrogen and oxygen atoms in total. The largest absolute Gasteiger partial charge is 0.487 e. The molecule has 0 spiro atoms. The zero-order valence-corrected chi connectivity index (χ0v) is 26.8. The molecular formula is C38H42F2O8. The van der Waals surface area contributed by atoms with Crippen LogP contribution in [0.25, 0.3) is 0 Å². The summed E-state index contributed by atoms with van der Waals surface area (Å²) in [4.78, 5) is 24.8. The van der Waals surface area contributed by atoms with Gasteiger partial charge in [0.2, 0.25) is 0 Å². The molecule has 0 amide bonds. The number of aliphatic hydroxyl groups is 2. The Morgan fingerprint density at radius 2 is 1.81 bits per heavy atom. The fourth-order valence-corrected chi connectivity index (χ4v) is 6.19. The molecule has 48 heavy (non-hydrogen) atoms. The van der Waals surface area contributed by atoms with E-state index < -0.39 is 29.8 Å². The van der Waals surface area contributed by atoms with E-state index in [1.165, 1.54) is 18.2 Å². The van der Waals surface area contributed by atoms with Gasteiger partial charge in [-0.25, -0.2) is 13.6 Å². The van der Waals surface area contributed by atoms with Gasteiger partial charge in [-0.3, -0.25) is 4.79 Å². The monoisotopic (exact) mass is 664 g/mol. The van der Waals surface area contributed by atoms with Crippen molar-refractivity contribution in [2.75, 3.05) is 19.8 Å². The molecule has 2 aromatic carbocycles. The molecule has 0 unspecified atom stereocenters. The molecule has 2 N–H and O–H groups in total. The smallest absolute Gasteiger partial charge is 0.338 e. The molecule has 1 saturated heterocycles. The highest BCUT2D eigenvalue weighted by Gasteiger charge is 2.43. The lowest BCUT2D eigenvalue weighted by atomic mass is 9.86. The minimum atomic E-state index is -1.07. The summed E-state index contributed by atoms with van der Waals surface area (Å²) in [5.41, 5.74) is 0.320. The molecule has 2 aromatic rings. The van der Waals surface area contributed by atoms with E-state index in [4.69, 9.17) is 31.8 Å². The Labute approximate surface area is 280 Å². The van der Waals surface area contributed by atoms with Gasteiger partial charge in [0, 0.05) is 50.2 Å². The van der Waals surface area contributed by atoms with E-state index in [1.54, 1.807) is 18.2 Å². The second-order valence-corrected chi connectivity index (χ2v) is 12.4. The van der Waals surface area contributed by atoms with Crippen molar-refractivity contribution < 1.29 is 47.5 Å². The minimum absolute atomic E-state index is 0.0626. The second-order valence-electron chi connectivity index (χ2n) is 12.4. The number of aliphatic hydroxyl groups excluding tert-OH is 2. The van der Waals surface area contributed by atoms with Crippen molar-refractivity contribution in [1.82, 2.24) is 0 Å². The van der Waals surface area contributed by atoms with Crippen LogP contribution in [-0.2, 0) is 14.3 Å². The first-order chi connectivity index (χ1) is 23.2. The molecule has 1 saturated carbocycles. The van der Waals surface area contributed by atoms with E-state index in [2.05, 4.69) is 11.8 Å². The van der Waals surface area contributed by atoms with Crippen LogP contribution >= 0.6 is 0 Å². The van der Waals surface area contributed by atoms with Crippen molar-refractivity contribution in [2.45, 2.75) is 69.7 Å². The van der Waals surface area contributed by atoms with Gasteiger partial charge in [-0.2, -0.15) is 0 Å². The number of fused-ring (bicyclic) bond motifs is 1. The Bertz CT molecular complexity index is 1460. The average molecular weight is 665 g/mol. The van der Waals surface area contributed by atoms with Crippen LogP contribution in [0.3, 0.4) is 0 Å². The Morgan fingerprint density at radius 3 is 2.54 bits per heavy atom. The van der Waals surface area contributed by atoms with Crippen LogP contribution < -0.4 is 9.47 Å². The molecule has 6 atom stereocenters. The average Bonchev–Trinajstić information content (AvgIpc) is 3.23. The molecule has 2 fully saturated rings. The van der Waals surface area contributed by atoms with Crippen LogP contribution in [0.4, 0.5) is 8.78 Å². The standard InChI is InChI=1S/C38H42F2O8/c1-3-6-25(7-4-2)23-47-38(44)27-11-15-30(16-12-27)48-37(43)9-5-8-26-10-17-32-31(34(42)21-35(32)45-22-26)18-14-29(41)24-46-36-20-28(39)13-19-33(36)40/h1-2,11-16,18-20,25-26,29,31-32,34-35,41-42H,5-10,17,21-24H2/b18-14+/t26-,29+,31+,32+,34+,35-/m0/s1. The SMILES string of the molecule is C#CCC(CC#C)COC(=O)c1ccc(OC(=O)CCC[C@H]2CC[C@@H]3[C@@H](/C=C/[C@@H](O)COc4cc(F)ccc4F)[C@H](O)C[C@@H]3OC2)cc1. The Morgan fingerprint density at radius 1 is 1.06 bits per heavy atom. The third kappa shape index (κ3) is 10.9. The van der Waals surface area contributed by atoms with Crippen LogP contribution in [0.5, 0.6) is 11.5 Å². The molecule has 0 aromatic heterocycles. The van der Waals surface area contributed by atoms with E-state index in [9.17, 15) is 28.6 Å². The topological polar surface area (TPSA) is 112 Å². The van der Waals surface area contributed by atoms with E-state index in [1.807, 2.05) is 0 Å². The van der Waals surface area contributed by atoms with Crippen molar-refractivity contribution in [3.05, 3.63) is 71.8 Å². The number of hydrogen-bond acceptors (Lipinski definition) is 8. The number of esters is 2. The van der Waals surface area contributed by atoms with Crippen molar-refractivity contribution in [2.24, 2.45) is 23.7 Å². The number of carbonyl (C=O) groups excluding carboxylic acids is 2. The van der Waals surface area contributed by atoms with Gasteiger partial charge in [0.15, 0.2) is 11.6 Å². The minimum Gasteiger partial charge on any atom is -0.487 e. The fraction of sp³-hybridized carbons (Fsp3) is 0.474. The number of rotatable bonds is 15. The predicted octanol–water partition coefficient (Wildman–Crippen LogP) is 5.65. The number of halogens is 2. The van der Waals surface area contributed by atoms with Gasteiger partial charge in [-0.05, 0) is 73.9 Å². The van der Waals surface area contributed by atoms with Crippen LogP contribution in [-0.4, -0.2) is 60.3 Å². The first-order valence-corrected chi connectivity index (χ1v) is 16.3. The summed E-state index contributed by atoms with van der Waals surface area (Å²) < 4.78 is 49.3. The van der Waals surface area contributed by atoms with E-state index in [-0.39, 0.29) is 61.1 Å². The highest BCUT2D eigenvalue weighted by atomic mass is 19.1. The van der Waals surface area contributed by atoms with Gasteiger partial charge in [-0.1, -0.05) is 12.2 Å². The quantitative estimate of drug-likeness (QED) is 0.109. The predicted molar refractivity (Wildman–Crippen MR) is 174 cm³/mol. The number of ether oxygens (including phenoxy) is 4. The summed E-state index contributed by atoms with van der Waals surface area (Å²) in [6.07, 6.45) is 16.7. The number of carbonyl (C=O) groups is 2. The second kappa shape index (κ2) is 18.4. The Balaban J connectivity index is 1.16. The highest BCUT2D eigenvalue weighted by Crippen LogP contribution is 2.42. The van der Waals surface area contributed by atoms with Gasteiger partial charge < -0.3 is 29.2 Å². The van der Waals surface area contributed by atoms with E-state index in [0.717, 1.165) is 37.5 Å². The van der Waals surface area contributed by atoms with Crippen molar-refractivity contribution >= 4 is 11.9 Å². The molecular weight excluding hydrogens is 622 g/mol. The van der Waals surface area contributed by atoms with Gasteiger partial charge in [0.25, 0.3) is 0 Å². The maximum absolute atomic E-state index is 13.8. The van der Waals surface area contributed by atoms with Crippen LogP contribution in [0.1, 0.15) is 61.7 Å². The first-order valence-electron chi connectivity index (χ1n) is 16.3. The van der Waals surface area contributed by atoms with Gasteiger partial charge in [0.1, 0.15) is 24.3 Å². The molecule has 0 bridgehead atoms. The molecule has 0 radical (unpaired) electrons. The van der Waals surface area contributed by atoms with Crippen LogP contribution in [0.2, 0.25) is 0 Å². The lowest BCUT2D eigenvalue weighted by Crippen LogP contribution is -2.22. The highest BCUT2D eigenvalue weighted by molar-refractivity contribution is 5.89. The molecule has 1 aliphatic heterocycles. The lowest BCUT2D eigenvalue weighted by Gasteiger charge is -2.21. The van der Waals surface area contributed by atoms with Crippen molar-refractivity contribution in [3.8, 4) is 36.2 Å². The molecule has 1 heterocycles.